The summed E-state index contributed by atoms with van der Waals surface area (Å²) in [6, 6.07) is 26.5. The molecule has 0 radical (unpaired) electrons. The lowest BCUT2D eigenvalue weighted by Crippen LogP contribution is -2.15. The molecule has 1 atom stereocenters. The van der Waals surface area contributed by atoms with E-state index in [0.29, 0.717) is 17.4 Å². The highest BCUT2D eigenvalue weighted by Gasteiger charge is 2.34. The van der Waals surface area contributed by atoms with Gasteiger partial charge in [-0.1, -0.05) is 42.5 Å². The highest BCUT2D eigenvalue weighted by atomic mass is 19.1. The summed E-state index contributed by atoms with van der Waals surface area (Å²) in [5.41, 5.74) is 4.29. The van der Waals surface area contributed by atoms with Crippen LogP contribution in [0.15, 0.2) is 91.3 Å². The van der Waals surface area contributed by atoms with E-state index < -0.39 is 0 Å². The van der Waals surface area contributed by atoms with Crippen LogP contribution in [0.3, 0.4) is 0 Å². The van der Waals surface area contributed by atoms with E-state index in [9.17, 15) is 4.39 Å². The van der Waals surface area contributed by atoms with Gasteiger partial charge in [-0.2, -0.15) is 0 Å². The van der Waals surface area contributed by atoms with Gasteiger partial charge >= 0.3 is 0 Å². The second-order valence-electron chi connectivity index (χ2n) is 8.68. The Morgan fingerprint density at radius 2 is 1.69 bits per heavy atom. The molecule has 0 aliphatic carbocycles. The Labute approximate surface area is 205 Å². The first-order chi connectivity index (χ1) is 17.7. The number of methoxy groups -OCH3 is 1. The van der Waals surface area contributed by atoms with E-state index in [-0.39, 0.29) is 11.7 Å². The van der Waals surface area contributed by atoms with E-state index in [2.05, 4.69) is 40.4 Å². The van der Waals surface area contributed by atoms with Gasteiger partial charge in [-0.15, -0.1) is 5.10 Å². The normalized spacial score (nSPS) is 14.3. The molecule has 174 valence electrons. The zero-order chi connectivity index (χ0) is 24.2. The zero-order valence-corrected chi connectivity index (χ0v) is 19.2. The maximum Gasteiger partial charge on any atom is 0.228 e. The lowest BCUT2D eigenvalue weighted by molar-refractivity contribution is 0.414. The average Bonchev–Trinajstić information content (AvgIpc) is 3.37. The first-order valence-corrected chi connectivity index (χ1v) is 11.5. The van der Waals surface area contributed by atoms with E-state index in [1.807, 2.05) is 30.3 Å². The largest absolute Gasteiger partial charge is 0.497 e. The van der Waals surface area contributed by atoms with Gasteiger partial charge in [0.25, 0.3) is 0 Å². The van der Waals surface area contributed by atoms with E-state index in [1.54, 1.807) is 30.1 Å². The molecule has 0 bridgehead atoms. The summed E-state index contributed by atoms with van der Waals surface area (Å²) in [6.07, 6.45) is 1.60. The fourth-order valence-corrected chi connectivity index (χ4v) is 4.96. The maximum absolute atomic E-state index is 13.5. The van der Waals surface area contributed by atoms with Gasteiger partial charge in [-0.25, -0.2) is 18.9 Å². The van der Waals surface area contributed by atoms with Crippen molar-refractivity contribution < 1.29 is 13.9 Å². The molecule has 1 aliphatic rings. The van der Waals surface area contributed by atoms with Crippen LogP contribution in [0, 0.1) is 5.82 Å². The third-order valence-electron chi connectivity index (χ3n) is 6.65. The smallest absolute Gasteiger partial charge is 0.228 e. The number of fused-ring (bicyclic) bond motifs is 6. The van der Waals surface area contributed by atoms with E-state index in [4.69, 9.17) is 14.5 Å². The molecule has 7 heteroatoms. The van der Waals surface area contributed by atoms with Gasteiger partial charge in [0, 0.05) is 17.0 Å². The Hall–Kier alpha value is -4.78. The predicted octanol–water partition coefficient (Wildman–Crippen LogP) is 6.38. The zero-order valence-electron chi connectivity index (χ0n) is 19.2. The minimum absolute atomic E-state index is 0.206. The maximum atomic E-state index is 13.5. The number of hydrogen-bond donors (Lipinski definition) is 0. The summed E-state index contributed by atoms with van der Waals surface area (Å²) < 4.78 is 26.9. The van der Waals surface area contributed by atoms with Crippen LogP contribution in [-0.4, -0.2) is 26.7 Å². The molecule has 0 amide bonds. The Kier molecular flexibility index (Phi) is 4.51. The van der Waals surface area contributed by atoms with Crippen LogP contribution in [0.2, 0.25) is 0 Å². The number of hydrogen-bond acceptors (Lipinski definition) is 5. The van der Waals surface area contributed by atoms with Crippen molar-refractivity contribution in [2.24, 2.45) is 0 Å². The number of ether oxygens (including phenoxy) is 2. The van der Waals surface area contributed by atoms with Crippen LogP contribution in [0.5, 0.6) is 17.4 Å². The van der Waals surface area contributed by atoms with Gasteiger partial charge in [0.1, 0.15) is 23.6 Å². The average molecular weight is 474 g/mol. The van der Waals surface area contributed by atoms with Gasteiger partial charge in [-0.05, 0) is 58.8 Å². The Morgan fingerprint density at radius 1 is 0.889 bits per heavy atom. The Balaban J connectivity index is 1.51. The third-order valence-corrected chi connectivity index (χ3v) is 6.65. The molecule has 7 rings (SSSR count). The van der Waals surface area contributed by atoms with Crippen LogP contribution in [0.4, 0.5) is 4.39 Å². The number of benzene rings is 4. The van der Waals surface area contributed by atoms with Crippen molar-refractivity contribution in [3.05, 3.63) is 114 Å². The van der Waals surface area contributed by atoms with Crippen molar-refractivity contribution >= 4 is 16.4 Å². The van der Waals surface area contributed by atoms with Crippen molar-refractivity contribution in [3.8, 4) is 28.8 Å². The van der Waals surface area contributed by atoms with Crippen molar-refractivity contribution in [2.45, 2.75) is 5.92 Å². The summed E-state index contributed by atoms with van der Waals surface area (Å²) in [6.45, 7) is 0. The molecule has 1 unspecified atom stereocenters. The molecule has 6 nitrogen and oxygen atoms in total. The van der Waals surface area contributed by atoms with Crippen LogP contribution in [0.25, 0.3) is 27.8 Å². The number of rotatable bonds is 3. The van der Waals surface area contributed by atoms with Crippen LogP contribution < -0.4 is 9.47 Å². The van der Waals surface area contributed by atoms with E-state index >= 15 is 0 Å². The van der Waals surface area contributed by atoms with Gasteiger partial charge in [0.05, 0.1) is 12.7 Å². The van der Waals surface area contributed by atoms with E-state index in [1.165, 1.54) is 12.1 Å². The molecule has 36 heavy (non-hydrogen) atoms. The second kappa shape index (κ2) is 7.88. The minimum Gasteiger partial charge on any atom is -0.497 e. The molecule has 4 aromatic carbocycles. The predicted molar refractivity (Wildman–Crippen MR) is 134 cm³/mol. The molecule has 3 heterocycles. The molecule has 1 aliphatic heterocycles. The summed E-state index contributed by atoms with van der Waals surface area (Å²) in [4.78, 5) is 9.48. The standard InChI is InChI=1S/C29H19FN4O2/c1-35-21-13-8-18(9-14-21)24-25-22-5-3-2-4-17(22)10-15-23(25)36-29-26(24)28-32-27(33-34(28)16-31-29)19-6-11-20(30)12-7-19/h2-16,24H,1H3. The van der Waals surface area contributed by atoms with Crippen molar-refractivity contribution in [1.82, 2.24) is 19.6 Å². The molecule has 0 spiro atoms. The molecule has 2 aromatic heterocycles. The fraction of sp³-hybridized carbons (Fsp3) is 0.0690. The minimum atomic E-state index is -0.307. The SMILES string of the molecule is COc1ccc(C2c3c(ccc4ccccc34)Oc3ncn4nc(-c5ccc(F)cc5)nc4c32)cc1. The molecular weight excluding hydrogens is 455 g/mol. The second-order valence-corrected chi connectivity index (χ2v) is 8.68. The van der Waals surface area contributed by atoms with Crippen molar-refractivity contribution in [3.63, 3.8) is 0 Å². The van der Waals surface area contributed by atoms with Crippen molar-refractivity contribution in [1.29, 1.82) is 0 Å². The first-order valence-electron chi connectivity index (χ1n) is 11.5. The molecule has 0 saturated heterocycles. The number of aromatic nitrogens is 4. The molecular formula is C29H19FN4O2. The summed E-state index contributed by atoms with van der Waals surface area (Å²) in [5, 5.41) is 6.86. The van der Waals surface area contributed by atoms with Crippen LogP contribution in [-0.2, 0) is 0 Å². The van der Waals surface area contributed by atoms with Gasteiger partial charge < -0.3 is 9.47 Å². The monoisotopic (exact) mass is 474 g/mol. The highest BCUT2D eigenvalue weighted by molar-refractivity contribution is 5.91. The third kappa shape index (κ3) is 3.13. The summed E-state index contributed by atoms with van der Waals surface area (Å²) in [5.74, 6) is 2.01. The molecule has 0 fully saturated rings. The summed E-state index contributed by atoms with van der Waals surface area (Å²) >= 11 is 0. The Bertz CT molecular complexity index is 1760. The first kappa shape index (κ1) is 20.6. The fourth-order valence-electron chi connectivity index (χ4n) is 4.96. The number of halogens is 1. The topological polar surface area (TPSA) is 61.5 Å². The van der Waals surface area contributed by atoms with Gasteiger partial charge in [-0.3, -0.25) is 0 Å². The number of nitrogens with zero attached hydrogens (tertiary/aromatic N) is 4. The quantitative estimate of drug-likeness (QED) is 0.297. The summed E-state index contributed by atoms with van der Waals surface area (Å²) in [7, 11) is 1.65. The van der Waals surface area contributed by atoms with Crippen LogP contribution >= 0.6 is 0 Å². The molecule has 0 N–H and O–H groups in total. The Morgan fingerprint density at radius 3 is 2.50 bits per heavy atom. The van der Waals surface area contributed by atoms with Crippen LogP contribution in [0.1, 0.15) is 22.6 Å². The van der Waals surface area contributed by atoms with Gasteiger partial charge in [0.15, 0.2) is 11.5 Å². The van der Waals surface area contributed by atoms with Crippen molar-refractivity contribution in [2.75, 3.05) is 7.11 Å². The highest BCUT2D eigenvalue weighted by Crippen LogP contribution is 2.50. The molecule has 6 aromatic rings. The lowest BCUT2D eigenvalue weighted by Gasteiger charge is -2.29. The lowest BCUT2D eigenvalue weighted by atomic mass is 9.81. The molecule has 0 saturated carbocycles. The van der Waals surface area contributed by atoms with E-state index in [0.717, 1.165) is 44.5 Å². The van der Waals surface area contributed by atoms with Gasteiger partial charge in [0.2, 0.25) is 5.88 Å².